The molecule has 0 unspecified atom stereocenters. The maximum absolute atomic E-state index is 11.5. The van der Waals surface area contributed by atoms with E-state index in [2.05, 4.69) is 11.1 Å². The van der Waals surface area contributed by atoms with E-state index in [-0.39, 0.29) is 5.97 Å². The molecule has 0 saturated heterocycles. The molecule has 1 aromatic carbocycles. The molecule has 0 aliphatic heterocycles. The van der Waals surface area contributed by atoms with Gasteiger partial charge >= 0.3 is 5.97 Å². The highest BCUT2D eigenvalue weighted by molar-refractivity contribution is 5.90. The van der Waals surface area contributed by atoms with Crippen molar-refractivity contribution >= 4 is 5.97 Å². The van der Waals surface area contributed by atoms with Crippen LogP contribution in [0, 0.1) is 11.3 Å². The van der Waals surface area contributed by atoms with Gasteiger partial charge in [-0.2, -0.15) is 5.26 Å². The molecule has 4 heteroatoms. The summed E-state index contributed by atoms with van der Waals surface area (Å²) in [5, 5.41) is 8.85. The molecular formula is C15H12N2O2. The molecule has 19 heavy (non-hydrogen) atoms. The third-order valence-corrected chi connectivity index (χ3v) is 2.58. The molecule has 0 saturated carbocycles. The van der Waals surface area contributed by atoms with Crippen LogP contribution in [-0.2, 0) is 4.74 Å². The number of carbonyl (C=O) groups is 1. The largest absolute Gasteiger partial charge is 0.462 e. The van der Waals surface area contributed by atoms with Crippen molar-refractivity contribution < 1.29 is 9.53 Å². The van der Waals surface area contributed by atoms with Gasteiger partial charge in [-0.15, -0.1) is 0 Å². The van der Waals surface area contributed by atoms with E-state index < -0.39 is 0 Å². The highest BCUT2D eigenvalue weighted by atomic mass is 16.5. The first-order chi connectivity index (χ1) is 9.24. The maximum Gasteiger partial charge on any atom is 0.338 e. The van der Waals surface area contributed by atoms with Crippen LogP contribution in [0.1, 0.15) is 22.8 Å². The highest BCUT2D eigenvalue weighted by Gasteiger charge is 2.07. The van der Waals surface area contributed by atoms with Crippen molar-refractivity contribution in [1.82, 2.24) is 4.98 Å². The summed E-state index contributed by atoms with van der Waals surface area (Å²) in [5.74, 6) is -0.340. The fourth-order valence-electron chi connectivity index (χ4n) is 1.65. The van der Waals surface area contributed by atoms with Gasteiger partial charge in [0.2, 0.25) is 0 Å². The molecule has 0 spiro atoms. The van der Waals surface area contributed by atoms with Crippen LogP contribution in [0.3, 0.4) is 0 Å². The van der Waals surface area contributed by atoms with Gasteiger partial charge < -0.3 is 4.74 Å². The topological polar surface area (TPSA) is 63.0 Å². The smallest absolute Gasteiger partial charge is 0.338 e. The van der Waals surface area contributed by atoms with Crippen LogP contribution in [0.2, 0.25) is 0 Å². The third kappa shape index (κ3) is 2.96. The van der Waals surface area contributed by atoms with E-state index in [9.17, 15) is 4.79 Å². The second-order valence-electron chi connectivity index (χ2n) is 3.84. The minimum absolute atomic E-state index is 0.340. The predicted molar refractivity (Wildman–Crippen MR) is 70.3 cm³/mol. The lowest BCUT2D eigenvalue weighted by Gasteiger charge is -2.04. The Morgan fingerprint density at radius 2 is 2.05 bits per heavy atom. The SMILES string of the molecule is CCOC(=O)c1ccc(-c2cc(C#N)ccn2)cc1. The molecule has 4 nitrogen and oxygen atoms in total. The Kier molecular flexibility index (Phi) is 3.89. The van der Waals surface area contributed by atoms with Gasteiger partial charge in [0.05, 0.1) is 29.5 Å². The predicted octanol–water partition coefficient (Wildman–Crippen LogP) is 2.80. The van der Waals surface area contributed by atoms with Gasteiger partial charge in [0.1, 0.15) is 0 Å². The quantitative estimate of drug-likeness (QED) is 0.788. The number of hydrogen-bond acceptors (Lipinski definition) is 4. The first-order valence-electron chi connectivity index (χ1n) is 5.88. The minimum atomic E-state index is -0.340. The van der Waals surface area contributed by atoms with Gasteiger partial charge in [0.15, 0.2) is 0 Å². The van der Waals surface area contributed by atoms with Crippen LogP contribution < -0.4 is 0 Å². The summed E-state index contributed by atoms with van der Waals surface area (Å²) in [4.78, 5) is 15.7. The molecule has 0 aliphatic carbocycles. The lowest BCUT2D eigenvalue weighted by atomic mass is 10.1. The summed E-state index contributed by atoms with van der Waals surface area (Å²) in [6, 6.07) is 12.4. The summed E-state index contributed by atoms with van der Waals surface area (Å²) in [5.41, 5.74) is 2.61. The minimum Gasteiger partial charge on any atom is -0.462 e. The summed E-state index contributed by atoms with van der Waals surface area (Å²) >= 11 is 0. The number of esters is 1. The van der Waals surface area contributed by atoms with Crippen LogP contribution in [0.15, 0.2) is 42.6 Å². The van der Waals surface area contributed by atoms with Crippen LogP contribution in [0.4, 0.5) is 0 Å². The van der Waals surface area contributed by atoms with E-state index in [0.717, 1.165) is 5.56 Å². The van der Waals surface area contributed by atoms with Crippen molar-refractivity contribution in [1.29, 1.82) is 5.26 Å². The third-order valence-electron chi connectivity index (χ3n) is 2.58. The second kappa shape index (κ2) is 5.78. The van der Waals surface area contributed by atoms with Gasteiger partial charge in [0, 0.05) is 11.8 Å². The fourth-order valence-corrected chi connectivity index (χ4v) is 1.65. The maximum atomic E-state index is 11.5. The van der Waals surface area contributed by atoms with Crippen molar-refractivity contribution in [2.24, 2.45) is 0 Å². The average molecular weight is 252 g/mol. The van der Waals surface area contributed by atoms with Gasteiger partial charge in [-0.05, 0) is 31.2 Å². The number of nitriles is 1. The molecule has 2 aromatic rings. The molecule has 0 aliphatic rings. The Bertz CT molecular complexity index is 627. The zero-order valence-electron chi connectivity index (χ0n) is 10.5. The van der Waals surface area contributed by atoms with Crippen molar-refractivity contribution in [3.05, 3.63) is 53.7 Å². The number of benzene rings is 1. The number of hydrogen-bond donors (Lipinski definition) is 0. The average Bonchev–Trinajstić information content (AvgIpc) is 2.48. The number of pyridine rings is 1. The van der Waals surface area contributed by atoms with Crippen LogP contribution >= 0.6 is 0 Å². The Morgan fingerprint density at radius 1 is 1.32 bits per heavy atom. The molecule has 1 heterocycles. The summed E-state index contributed by atoms with van der Waals surface area (Å²) in [6.45, 7) is 2.12. The van der Waals surface area contributed by atoms with E-state index >= 15 is 0 Å². The van der Waals surface area contributed by atoms with Gasteiger partial charge in [0.25, 0.3) is 0 Å². The van der Waals surface area contributed by atoms with E-state index in [1.54, 1.807) is 49.5 Å². The zero-order chi connectivity index (χ0) is 13.7. The number of rotatable bonds is 3. The Balaban J connectivity index is 2.27. The lowest BCUT2D eigenvalue weighted by molar-refractivity contribution is 0.0526. The van der Waals surface area contributed by atoms with Crippen molar-refractivity contribution in [3.63, 3.8) is 0 Å². The van der Waals surface area contributed by atoms with Gasteiger partial charge in [-0.1, -0.05) is 12.1 Å². The number of nitrogens with zero attached hydrogens (tertiary/aromatic N) is 2. The Hall–Kier alpha value is -2.67. The van der Waals surface area contributed by atoms with Crippen LogP contribution in [0.5, 0.6) is 0 Å². The summed E-state index contributed by atoms with van der Waals surface area (Å²) in [7, 11) is 0. The first kappa shape index (κ1) is 12.8. The van der Waals surface area contributed by atoms with E-state index in [0.29, 0.717) is 23.4 Å². The van der Waals surface area contributed by atoms with E-state index in [1.165, 1.54) is 0 Å². The standard InChI is InChI=1S/C15H12N2O2/c1-2-19-15(18)13-5-3-12(4-6-13)14-9-11(10-16)7-8-17-14/h3-9H,2H2,1H3. The first-order valence-corrected chi connectivity index (χ1v) is 5.88. The molecule has 94 valence electrons. The van der Waals surface area contributed by atoms with Gasteiger partial charge in [-0.3, -0.25) is 4.98 Å². The molecule has 0 N–H and O–H groups in total. The molecule has 0 amide bonds. The zero-order valence-corrected chi connectivity index (χ0v) is 10.5. The van der Waals surface area contributed by atoms with Crippen molar-refractivity contribution in [2.75, 3.05) is 6.61 Å². The van der Waals surface area contributed by atoms with Crippen molar-refractivity contribution in [2.45, 2.75) is 6.92 Å². The normalized spacial score (nSPS) is 9.68. The molecule has 1 aromatic heterocycles. The van der Waals surface area contributed by atoms with E-state index in [4.69, 9.17) is 10.00 Å². The van der Waals surface area contributed by atoms with Crippen molar-refractivity contribution in [3.8, 4) is 17.3 Å². The number of aromatic nitrogens is 1. The molecular weight excluding hydrogens is 240 g/mol. The highest BCUT2D eigenvalue weighted by Crippen LogP contribution is 2.18. The van der Waals surface area contributed by atoms with Gasteiger partial charge in [-0.25, -0.2) is 4.79 Å². The monoisotopic (exact) mass is 252 g/mol. The van der Waals surface area contributed by atoms with Crippen LogP contribution in [-0.4, -0.2) is 17.6 Å². The second-order valence-corrected chi connectivity index (χ2v) is 3.84. The molecule has 0 bridgehead atoms. The number of ether oxygens (including phenoxy) is 1. The molecule has 0 fully saturated rings. The number of carbonyl (C=O) groups excluding carboxylic acids is 1. The molecule has 2 rings (SSSR count). The van der Waals surface area contributed by atoms with Crippen LogP contribution in [0.25, 0.3) is 11.3 Å². The lowest BCUT2D eigenvalue weighted by Crippen LogP contribution is -2.04. The molecule has 0 atom stereocenters. The van der Waals surface area contributed by atoms with E-state index in [1.807, 2.05) is 0 Å². The Morgan fingerprint density at radius 3 is 2.68 bits per heavy atom. The summed E-state index contributed by atoms with van der Waals surface area (Å²) < 4.78 is 4.91. The fraction of sp³-hybridized carbons (Fsp3) is 0.133. The summed E-state index contributed by atoms with van der Waals surface area (Å²) in [6.07, 6.45) is 1.59. The molecule has 0 radical (unpaired) electrons. The Labute approximate surface area is 111 Å².